The molecule has 0 saturated heterocycles. The molecule has 1 aromatic carbocycles. The lowest BCUT2D eigenvalue weighted by Crippen LogP contribution is -2.27. The molecule has 0 aliphatic heterocycles. The topological polar surface area (TPSA) is 15.3 Å². The van der Waals surface area contributed by atoms with E-state index in [-0.39, 0.29) is 0 Å². The lowest BCUT2D eigenvalue weighted by Gasteiger charge is -2.18. The standard InChI is InChI=1S/C18H32N2/c1-5-9-18(6-2)19-14-16-10-12-17(13-11-16)15-20(7-3)8-4/h10-13,18-19H,5-9,14-15H2,1-4H3. The SMILES string of the molecule is CCCC(CC)NCc1ccc(CN(CC)CC)cc1. The largest absolute Gasteiger partial charge is 0.310 e. The first-order chi connectivity index (χ1) is 9.73. The Hall–Kier alpha value is -0.860. The summed E-state index contributed by atoms with van der Waals surface area (Å²) in [7, 11) is 0. The minimum Gasteiger partial charge on any atom is -0.310 e. The molecule has 2 nitrogen and oxygen atoms in total. The molecule has 1 aromatic rings. The average molecular weight is 276 g/mol. The highest BCUT2D eigenvalue weighted by Gasteiger charge is 2.04. The van der Waals surface area contributed by atoms with Gasteiger partial charge in [-0.15, -0.1) is 0 Å². The van der Waals surface area contributed by atoms with Gasteiger partial charge in [-0.3, -0.25) is 4.90 Å². The van der Waals surface area contributed by atoms with E-state index in [0.717, 1.165) is 26.2 Å². The van der Waals surface area contributed by atoms with Gasteiger partial charge in [0.2, 0.25) is 0 Å². The van der Waals surface area contributed by atoms with Gasteiger partial charge < -0.3 is 5.32 Å². The molecule has 0 radical (unpaired) electrons. The maximum atomic E-state index is 3.66. The number of nitrogens with zero attached hydrogens (tertiary/aromatic N) is 1. The fourth-order valence-electron chi connectivity index (χ4n) is 2.53. The molecule has 1 atom stereocenters. The lowest BCUT2D eigenvalue weighted by atomic mass is 10.1. The molecule has 1 unspecified atom stereocenters. The highest BCUT2D eigenvalue weighted by molar-refractivity contribution is 5.22. The van der Waals surface area contributed by atoms with E-state index in [0.29, 0.717) is 6.04 Å². The van der Waals surface area contributed by atoms with Gasteiger partial charge in [-0.2, -0.15) is 0 Å². The molecule has 0 aliphatic carbocycles. The van der Waals surface area contributed by atoms with Crippen LogP contribution in [-0.2, 0) is 13.1 Å². The molecule has 114 valence electrons. The second kappa shape index (κ2) is 9.95. The van der Waals surface area contributed by atoms with Crippen LogP contribution in [0.2, 0.25) is 0 Å². The summed E-state index contributed by atoms with van der Waals surface area (Å²) in [6, 6.07) is 9.75. The predicted molar refractivity (Wildman–Crippen MR) is 88.9 cm³/mol. The van der Waals surface area contributed by atoms with Gasteiger partial charge in [-0.05, 0) is 37.1 Å². The molecule has 0 bridgehead atoms. The van der Waals surface area contributed by atoms with Crippen molar-refractivity contribution in [1.29, 1.82) is 0 Å². The van der Waals surface area contributed by atoms with Crippen LogP contribution in [0.5, 0.6) is 0 Å². The van der Waals surface area contributed by atoms with Crippen molar-refractivity contribution in [3.8, 4) is 0 Å². The van der Waals surface area contributed by atoms with Crippen LogP contribution in [0.3, 0.4) is 0 Å². The Morgan fingerprint density at radius 1 is 0.950 bits per heavy atom. The number of hydrogen-bond donors (Lipinski definition) is 1. The lowest BCUT2D eigenvalue weighted by molar-refractivity contribution is 0.296. The summed E-state index contributed by atoms with van der Waals surface area (Å²) < 4.78 is 0. The molecule has 2 heteroatoms. The number of rotatable bonds is 10. The summed E-state index contributed by atoms with van der Waals surface area (Å²) in [5, 5.41) is 3.66. The number of hydrogen-bond acceptors (Lipinski definition) is 2. The van der Waals surface area contributed by atoms with E-state index in [1.807, 2.05) is 0 Å². The van der Waals surface area contributed by atoms with E-state index in [9.17, 15) is 0 Å². The van der Waals surface area contributed by atoms with Crippen molar-refractivity contribution < 1.29 is 0 Å². The maximum Gasteiger partial charge on any atom is 0.0233 e. The van der Waals surface area contributed by atoms with Crippen LogP contribution in [0.4, 0.5) is 0 Å². The third-order valence-electron chi connectivity index (χ3n) is 4.05. The Bertz CT molecular complexity index is 341. The van der Waals surface area contributed by atoms with Crippen molar-refractivity contribution in [2.45, 2.75) is 66.1 Å². The molecule has 0 heterocycles. The van der Waals surface area contributed by atoms with E-state index in [4.69, 9.17) is 0 Å². The van der Waals surface area contributed by atoms with E-state index in [1.54, 1.807) is 0 Å². The quantitative estimate of drug-likeness (QED) is 0.689. The van der Waals surface area contributed by atoms with Crippen LogP contribution in [0.1, 0.15) is 58.1 Å². The maximum absolute atomic E-state index is 3.66. The zero-order chi connectivity index (χ0) is 14.8. The van der Waals surface area contributed by atoms with Gasteiger partial charge in [0.05, 0.1) is 0 Å². The van der Waals surface area contributed by atoms with Crippen LogP contribution in [0.25, 0.3) is 0 Å². The molecular formula is C18H32N2. The third-order valence-corrected chi connectivity index (χ3v) is 4.05. The zero-order valence-electron chi connectivity index (χ0n) is 13.8. The van der Waals surface area contributed by atoms with Gasteiger partial charge in [0, 0.05) is 19.1 Å². The van der Waals surface area contributed by atoms with Gasteiger partial charge >= 0.3 is 0 Å². The van der Waals surface area contributed by atoms with Gasteiger partial charge in [-0.25, -0.2) is 0 Å². The summed E-state index contributed by atoms with van der Waals surface area (Å²) in [6.07, 6.45) is 3.75. The normalized spacial score (nSPS) is 12.8. The summed E-state index contributed by atoms with van der Waals surface area (Å²) in [5.41, 5.74) is 2.81. The van der Waals surface area contributed by atoms with Gasteiger partial charge in [-0.1, -0.05) is 58.4 Å². The summed E-state index contributed by atoms with van der Waals surface area (Å²) in [6.45, 7) is 13.3. The molecule has 0 saturated carbocycles. The third kappa shape index (κ3) is 6.06. The van der Waals surface area contributed by atoms with Crippen molar-refractivity contribution >= 4 is 0 Å². The average Bonchev–Trinajstić information content (AvgIpc) is 2.50. The molecule has 20 heavy (non-hydrogen) atoms. The summed E-state index contributed by atoms with van der Waals surface area (Å²) in [5.74, 6) is 0. The van der Waals surface area contributed by atoms with Gasteiger partial charge in [0.25, 0.3) is 0 Å². The van der Waals surface area contributed by atoms with Crippen LogP contribution >= 0.6 is 0 Å². The Labute approximate surface area is 125 Å². The van der Waals surface area contributed by atoms with Gasteiger partial charge in [0.15, 0.2) is 0 Å². The van der Waals surface area contributed by atoms with Crippen molar-refractivity contribution in [2.24, 2.45) is 0 Å². The first kappa shape index (κ1) is 17.2. The van der Waals surface area contributed by atoms with Crippen LogP contribution < -0.4 is 5.32 Å². The monoisotopic (exact) mass is 276 g/mol. The number of benzene rings is 1. The van der Waals surface area contributed by atoms with Crippen LogP contribution in [0, 0.1) is 0 Å². The van der Waals surface area contributed by atoms with E-state index in [2.05, 4.69) is 62.2 Å². The fraction of sp³-hybridized carbons (Fsp3) is 0.667. The Morgan fingerprint density at radius 2 is 1.55 bits per heavy atom. The smallest absolute Gasteiger partial charge is 0.0233 e. The Kier molecular flexibility index (Phi) is 8.56. The van der Waals surface area contributed by atoms with E-state index in [1.165, 1.54) is 30.4 Å². The Morgan fingerprint density at radius 3 is 2.05 bits per heavy atom. The van der Waals surface area contributed by atoms with Gasteiger partial charge in [0.1, 0.15) is 0 Å². The molecule has 1 N–H and O–H groups in total. The highest BCUT2D eigenvalue weighted by Crippen LogP contribution is 2.09. The second-order valence-electron chi connectivity index (χ2n) is 5.55. The number of nitrogens with one attached hydrogen (secondary N) is 1. The highest BCUT2D eigenvalue weighted by atomic mass is 15.1. The molecule has 1 rings (SSSR count). The summed E-state index contributed by atoms with van der Waals surface area (Å²) >= 11 is 0. The van der Waals surface area contributed by atoms with Crippen molar-refractivity contribution in [1.82, 2.24) is 10.2 Å². The predicted octanol–water partition coefficient (Wildman–Crippen LogP) is 4.20. The molecule has 0 amide bonds. The van der Waals surface area contributed by atoms with Crippen molar-refractivity contribution in [2.75, 3.05) is 13.1 Å². The van der Waals surface area contributed by atoms with Crippen molar-refractivity contribution in [3.05, 3.63) is 35.4 Å². The molecule has 0 fully saturated rings. The molecule has 0 spiro atoms. The first-order valence-electron chi connectivity index (χ1n) is 8.26. The Balaban J connectivity index is 2.45. The molecule has 0 aromatic heterocycles. The fourth-order valence-corrected chi connectivity index (χ4v) is 2.53. The molecular weight excluding hydrogens is 244 g/mol. The van der Waals surface area contributed by atoms with Crippen molar-refractivity contribution in [3.63, 3.8) is 0 Å². The minimum atomic E-state index is 0.662. The van der Waals surface area contributed by atoms with Crippen LogP contribution in [0.15, 0.2) is 24.3 Å². The van der Waals surface area contributed by atoms with E-state index < -0.39 is 0 Å². The first-order valence-corrected chi connectivity index (χ1v) is 8.26. The molecule has 0 aliphatic rings. The zero-order valence-corrected chi connectivity index (χ0v) is 13.8. The van der Waals surface area contributed by atoms with Crippen LogP contribution in [-0.4, -0.2) is 24.0 Å². The summed E-state index contributed by atoms with van der Waals surface area (Å²) in [4.78, 5) is 2.45. The second-order valence-corrected chi connectivity index (χ2v) is 5.55. The minimum absolute atomic E-state index is 0.662. The van der Waals surface area contributed by atoms with E-state index >= 15 is 0 Å².